The first-order valence-electron chi connectivity index (χ1n) is 7.32. The highest BCUT2D eigenvalue weighted by Crippen LogP contribution is 2.23. The molecule has 116 valence electrons. The van der Waals surface area contributed by atoms with E-state index in [0.29, 0.717) is 12.4 Å². The summed E-state index contributed by atoms with van der Waals surface area (Å²) in [6.07, 6.45) is 3.41. The molecule has 0 N–H and O–H groups in total. The van der Waals surface area contributed by atoms with Gasteiger partial charge in [0.05, 0.1) is 16.1 Å². The number of rotatable bonds is 2. The number of carbonyl (C=O) groups is 2. The topological polar surface area (TPSA) is 54.2 Å². The summed E-state index contributed by atoms with van der Waals surface area (Å²) in [4.78, 5) is 31.1. The summed E-state index contributed by atoms with van der Waals surface area (Å²) in [5.74, 6) is 0.334. The Morgan fingerprint density at radius 3 is 2.68 bits per heavy atom. The Bertz CT molecular complexity index is 709. The van der Waals surface area contributed by atoms with Gasteiger partial charge in [-0.05, 0) is 26.0 Å². The number of pyridine rings is 1. The zero-order valence-corrected chi connectivity index (χ0v) is 14.1. The van der Waals surface area contributed by atoms with Crippen molar-refractivity contribution in [2.24, 2.45) is 0 Å². The quantitative estimate of drug-likeness (QED) is 0.632. The fourth-order valence-corrected chi connectivity index (χ4v) is 3.16. The molecule has 0 aliphatic carbocycles. The molecule has 6 heteroatoms. The minimum absolute atomic E-state index is 0.0844. The van der Waals surface area contributed by atoms with Crippen molar-refractivity contribution >= 4 is 29.0 Å². The van der Waals surface area contributed by atoms with Crippen LogP contribution in [0.1, 0.15) is 40.5 Å². The molecule has 0 aromatic carbocycles. The van der Waals surface area contributed by atoms with Gasteiger partial charge in [-0.3, -0.25) is 0 Å². The van der Waals surface area contributed by atoms with Crippen molar-refractivity contribution in [1.82, 2.24) is 4.98 Å². The van der Waals surface area contributed by atoms with E-state index in [-0.39, 0.29) is 18.2 Å². The molecule has 0 radical (unpaired) electrons. The third-order valence-corrected chi connectivity index (χ3v) is 4.17. The number of anilines is 1. The van der Waals surface area contributed by atoms with Gasteiger partial charge in [-0.2, -0.15) is 9.47 Å². The molecule has 0 saturated heterocycles. The molecule has 0 unspecified atom stereocenters. The Morgan fingerprint density at radius 1 is 1.32 bits per heavy atom. The van der Waals surface area contributed by atoms with Crippen LogP contribution >= 0.6 is 11.3 Å². The lowest BCUT2D eigenvalue weighted by atomic mass is 10.2. The van der Waals surface area contributed by atoms with Gasteiger partial charge in [0.1, 0.15) is 6.54 Å². The monoisotopic (exact) mass is 318 g/mol. The Kier molecular flexibility index (Phi) is 5.03. The standard InChI is InChI=1S/C14H14N3O2S.C2H6/c1-9-4-3-5-16-12(18)6-13(19)17(14(9)16)8-11-7-15-10(2)20-11;1-2/h3-5,7H,6,8H2,1-2H3;1-2H3/q+1;. The summed E-state index contributed by atoms with van der Waals surface area (Å²) >= 11 is 1.57. The second kappa shape index (κ2) is 6.79. The normalized spacial score (nSPS) is 13.5. The zero-order valence-electron chi connectivity index (χ0n) is 13.3. The average Bonchev–Trinajstić information content (AvgIpc) is 2.91. The maximum Gasteiger partial charge on any atom is 0.326 e. The fraction of sp³-hybridized carbons (Fsp3) is 0.375. The van der Waals surface area contributed by atoms with Crippen molar-refractivity contribution in [3.05, 3.63) is 40.0 Å². The average molecular weight is 318 g/mol. The highest BCUT2D eigenvalue weighted by molar-refractivity contribution is 7.11. The molecule has 0 spiro atoms. The third kappa shape index (κ3) is 3.06. The van der Waals surface area contributed by atoms with Crippen molar-refractivity contribution in [3.8, 4) is 0 Å². The highest BCUT2D eigenvalue weighted by Gasteiger charge is 2.39. The molecule has 5 nitrogen and oxygen atoms in total. The molecule has 2 aromatic rings. The van der Waals surface area contributed by atoms with Crippen LogP contribution < -0.4 is 9.47 Å². The number of amides is 1. The summed E-state index contributed by atoms with van der Waals surface area (Å²) in [6, 6.07) is 3.73. The van der Waals surface area contributed by atoms with Crippen LogP contribution in [-0.2, 0) is 11.3 Å². The number of hydrogen-bond acceptors (Lipinski definition) is 4. The second-order valence-electron chi connectivity index (χ2n) is 4.78. The number of fused-ring (bicyclic) bond motifs is 1. The smallest absolute Gasteiger partial charge is 0.250 e. The first kappa shape index (κ1) is 16.3. The zero-order chi connectivity index (χ0) is 16.3. The second-order valence-corrected chi connectivity index (χ2v) is 6.10. The summed E-state index contributed by atoms with van der Waals surface area (Å²) in [7, 11) is 0. The number of aromatic nitrogens is 2. The molecule has 22 heavy (non-hydrogen) atoms. The van der Waals surface area contributed by atoms with Crippen LogP contribution in [-0.4, -0.2) is 16.8 Å². The fourth-order valence-electron chi connectivity index (χ4n) is 2.38. The molecule has 1 amide bonds. The van der Waals surface area contributed by atoms with Crippen LogP contribution in [0.3, 0.4) is 0 Å². The van der Waals surface area contributed by atoms with E-state index in [9.17, 15) is 9.59 Å². The van der Waals surface area contributed by atoms with Crippen molar-refractivity contribution in [2.45, 2.75) is 40.7 Å². The van der Waals surface area contributed by atoms with Crippen LogP contribution in [0.25, 0.3) is 0 Å². The number of hydrogen-bond donors (Lipinski definition) is 0. The van der Waals surface area contributed by atoms with E-state index in [1.807, 2.05) is 39.8 Å². The molecular weight excluding hydrogens is 298 g/mol. The van der Waals surface area contributed by atoms with Gasteiger partial charge in [0.25, 0.3) is 5.82 Å². The molecule has 3 heterocycles. The van der Waals surface area contributed by atoms with Crippen molar-refractivity contribution in [3.63, 3.8) is 0 Å². The Hall–Kier alpha value is -2.08. The molecule has 0 atom stereocenters. The van der Waals surface area contributed by atoms with E-state index in [1.54, 1.807) is 33.2 Å². The lowest BCUT2D eigenvalue weighted by Crippen LogP contribution is -2.56. The van der Waals surface area contributed by atoms with Crippen LogP contribution in [0.15, 0.2) is 24.5 Å². The van der Waals surface area contributed by atoms with Gasteiger partial charge in [-0.25, -0.2) is 14.6 Å². The molecule has 1 aliphatic heterocycles. The van der Waals surface area contributed by atoms with Crippen LogP contribution in [0.4, 0.5) is 5.82 Å². The van der Waals surface area contributed by atoms with E-state index in [2.05, 4.69) is 4.98 Å². The molecule has 0 fully saturated rings. The molecule has 2 aromatic heterocycles. The largest absolute Gasteiger partial charge is 0.326 e. The predicted molar refractivity (Wildman–Crippen MR) is 86.0 cm³/mol. The van der Waals surface area contributed by atoms with Gasteiger partial charge >= 0.3 is 11.8 Å². The summed E-state index contributed by atoms with van der Waals surface area (Å²) in [5, 5.41) is 0.971. The van der Waals surface area contributed by atoms with Gasteiger partial charge < -0.3 is 0 Å². The third-order valence-electron chi connectivity index (χ3n) is 3.27. The Balaban J connectivity index is 0.000000847. The van der Waals surface area contributed by atoms with Crippen molar-refractivity contribution in [2.75, 3.05) is 4.90 Å². The number of carbonyl (C=O) groups excluding carboxylic acids is 2. The van der Waals surface area contributed by atoms with Gasteiger partial charge in [0.15, 0.2) is 6.42 Å². The molecule has 0 bridgehead atoms. The SMILES string of the molecule is CC.Cc1ncc(CN2C(=O)CC(=O)[n+]3cccc(C)c32)s1. The van der Waals surface area contributed by atoms with Crippen molar-refractivity contribution in [1.29, 1.82) is 0 Å². The summed E-state index contributed by atoms with van der Waals surface area (Å²) < 4.78 is 1.56. The van der Waals surface area contributed by atoms with Crippen LogP contribution in [0, 0.1) is 13.8 Å². The lowest BCUT2D eigenvalue weighted by Gasteiger charge is -2.21. The van der Waals surface area contributed by atoms with Gasteiger partial charge in [0, 0.05) is 11.8 Å². The number of thiazole rings is 1. The lowest BCUT2D eigenvalue weighted by molar-refractivity contribution is -0.562. The molecule has 1 aliphatic rings. The maximum absolute atomic E-state index is 12.2. The van der Waals surface area contributed by atoms with E-state index >= 15 is 0 Å². The van der Waals surface area contributed by atoms with E-state index in [0.717, 1.165) is 15.4 Å². The van der Waals surface area contributed by atoms with E-state index < -0.39 is 0 Å². The summed E-state index contributed by atoms with van der Waals surface area (Å²) in [5.41, 5.74) is 0.912. The summed E-state index contributed by atoms with van der Waals surface area (Å²) in [6.45, 7) is 8.30. The van der Waals surface area contributed by atoms with Gasteiger partial charge in [-0.15, -0.1) is 11.3 Å². The molecule has 0 saturated carbocycles. The molecular formula is C16H20N3O2S+. The number of nitrogens with zero attached hydrogens (tertiary/aromatic N) is 3. The van der Waals surface area contributed by atoms with Gasteiger partial charge in [-0.1, -0.05) is 13.8 Å². The molecule has 3 rings (SSSR count). The predicted octanol–water partition coefficient (Wildman–Crippen LogP) is 2.65. The van der Waals surface area contributed by atoms with Crippen LogP contribution in [0.5, 0.6) is 0 Å². The Morgan fingerprint density at radius 2 is 2.05 bits per heavy atom. The number of aryl methyl sites for hydroxylation is 2. The minimum Gasteiger partial charge on any atom is -0.250 e. The first-order valence-corrected chi connectivity index (χ1v) is 8.14. The minimum atomic E-state index is -0.176. The van der Waals surface area contributed by atoms with E-state index in [1.165, 1.54) is 0 Å². The Labute approximate surface area is 134 Å². The highest BCUT2D eigenvalue weighted by atomic mass is 32.1. The maximum atomic E-state index is 12.2. The van der Waals surface area contributed by atoms with Crippen LogP contribution in [0.2, 0.25) is 0 Å². The van der Waals surface area contributed by atoms with Gasteiger partial charge in [0.2, 0.25) is 0 Å². The van der Waals surface area contributed by atoms with E-state index in [4.69, 9.17) is 0 Å². The first-order chi connectivity index (χ1) is 10.6. The van der Waals surface area contributed by atoms with Crippen molar-refractivity contribution < 1.29 is 14.2 Å².